The zero-order valence-corrected chi connectivity index (χ0v) is 8.79. The van der Waals surface area contributed by atoms with Crippen molar-refractivity contribution in [3.05, 3.63) is 0 Å². The fourth-order valence-corrected chi connectivity index (χ4v) is 1.15. The van der Waals surface area contributed by atoms with E-state index in [0.717, 1.165) is 12.8 Å². The van der Waals surface area contributed by atoms with E-state index in [4.69, 9.17) is 5.73 Å². The molecule has 14 heavy (non-hydrogen) atoms. The van der Waals surface area contributed by atoms with Gasteiger partial charge in [-0.15, -0.1) is 0 Å². The van der Waals surface area contributed by atoms with Crippen molar-refractivity contribution >= 4 is 11.8 Å². The van der Waals surface area contributed by atoms with Crippen molar-refractivity contribution < 1.29 is 9.59 Å². The lowest BCUT2D eigenvalue weighted by Crippen LogP contribution is -2.31. The number of amides is 2. The lowest BCUT2D eigenvalue weighted by molar-refractivity contribution is -0.137. The molecule has 0 atom stereocenters. The molecule has 0 saturated carbocycles. The van der Waals surface area contributed by atoms with Gasteiger partial charge in [0.15, 0.2) is 0 Å². The second-order valence-corrected chi connectivity index (χ2v) is 3.32. The summed E-state index contributed by atoms with van der Waals surface area (Å²) in [6.07, 6.45) is 6.83. The molecule has 4 nitrogen and oxygen atoms in total. The summed E-state index contributed by atoms with van der Waals surface area (Å²) in [5, 5.41) is 3.53. The Morgan fingerprint density at radius 1 is 1.07 bits per heavy atom. The van der Waals surface area contributed by atoms with E-state index in [1.54, 1.807) is 0 Å². The Balaban J connectivity index is 3.13. The molecule has 0 saturated heterocycles. The van der Waals surface area contributed by atoms with Gasteiger partial charge in [-0.25, -0.2) is 5.32 Å². The molecular formula is C10H19N2O2. The number of unbranched alkanes of at least 4 members (excludes halogenated alkanes) is 5. The molecule has 4 heteroatoms. The van der Waals surface area contributed by atoms with Crippen LogP contribution in [-0.4, -0.2) is 18.4 Å². The molecule has 0 rings (SSSR count). The smallest absolute Gasteiger partial charge is 0.330 e. The minimum absolute atomic E-state index is 0.425. The van der Waals surface area contributed by atoms with Crippen LogP contribution in [0.15, 0.2) is 0 Å². The molecular weight excluding hydrogens is 180 g/mol. The first-order chi connectivity index (χ1) is 6.68. The first kappa shape index (κ1) is 12.9. The zero-order chi connectivity index (χ0) is 10.8. The molecule has 0 aliphatic heterocycles. The maximum absolute atomic E-state index is 10.6. The lowest BCUT2D eigenvalue weighted by Gasteiger charge is -1.99. The molecule has 0 aliphatic rings. The van der Waals surface area contributed by atoms with E-state index >= 15 is 0 Å². The van der Waals surface area contributed by atoms with Crippen molar-refractivity contribution in [3.8, 4) is 0 Å². The van der Waals surface area contributed by atoms with Gasteiger partial charge in [-0.3, -0.25) is 9.59 Å². The lowest BCUT2D eigenvalue weighted by atomic mass is 10.1. The highest BCUT2D eigenvalue weighted by Crippen LogP contribution is 2.04. The van der Waals surface area contributed by atoms with Crippen LogP contribution in [0.4, 0.5) is 0 Å². The van der Waals surface area contributed by atoms with Gasteiger partial charge in [0.1, 0.15) is 0 Å². The first-order valence-corrected chi connectivity index (χ1v) is 5.19. The molecule has 0 aromatic carbocycles. The fraction of sp³-hybridized carbons (Fsp3) is 0.800. The van der Waals surface area contributed by atoms with E-state index in [9.17, 15) is 9.59 Å². The van der Waals surface area contributed by atoms with E-state index in [-0.39, 0.29) is 0 Å². The van der Waals surface area contributed by atoms with Crippen LogP contribution in [0.2, 0.25) is 0 Å². The summed E-state index contributed by atoms with van der Waals surface area (Å²) in [7, 11) is 0. The van der Waals surface area contributed by atoms with Crippen molar-refractivity contribution in [2.75, 3.05) is 6.54 Å². The first-order valence-electron chi connectivity index (χ1n) is 5.19. The third kappa shape index (κ3) is 7.58. The summed E-state index contributed by atoms with van der Waals surface area (Å²) in [5.41, 5.74) is 4.73. The highest BCUT2D eigenvalue weighted by molar-refractivity contribution is 6.34. The minimum atomic E-state index is -0.962. The van der Waals surface area contributed by atoms with Crippen molar-refractivity contribution in [1.29, 1.82) is 0 Å². The number of primary amides is 1. The van der Waals surface area contributed by atoms with E-state index in [1.165, 1.54) is 25.7 Å². The van der Waals surface area contributed by atoms with Gasteiger partial charge in [-0.1, -0.05) is 39.0 Å². The Morgan fingerprint density at radius 3 is 2.21 bits per heavy atom. The Labute approximate surface area is 85.2 Å². The Kier molecular flexibility index (Phi) is 7.89. The van der Waals surface area contributed by atoms with Crippen molar-refractivity contribution in [2.24, 2.45) is 5.73 Å². The largest absolute Gasteiger partial charge is 0.361 e. The van der Waals surface area contributed by atoms with E-state index in [2.05, 4.69) is 12.2 Å². The zero-order valence-electron chi connectivity index (χ0n) is 8.79. The van der Waals surface area contributed by atoms with Crippen LogP contribution in [0.25, 0.3) is 0 Å². The predicted octanol–water partition coefficient (Wildman–Crippen LogP) is 0.963. The average molecular weight is 199 g/mol. The summed E-state index contributed by atoms with van der Waals surface area (Å²) in [6.45, 7) is 2.59. The summed E-state index contributed by atoms with van der Waals surface area (Å²) < 4.78 is 0. The highest BCUT2D eigenvalue weighted by atomic mass is 16.2. The Morgan fingerprint density at radius 2 is 1.64 bits per heavy atom. The SMILES string of the molecule is CCCCCCCC[N]C(=O)C(N)=O. The van der Waals surface area contributed by atoms with Gasteiger partial charge in [0.2, 0.25) is 0 Å². The van der Waals surface area contributed by atoms with Gasteiger partial charge in [0.05, 0.1) is 0 Å². The van der Waals surface area contributed by atoms with Crippen LogP contribution < -0.4 is 11.1 Å². The van der Waals surface area contributed by atoms with Gasteiger partial charge in [-0.05, 0) is 6.42 Å². The van der Waals surface area contributed by atoms with Crippen LogP contribution in [0.3, 0.4) is 0 Å². The molecule has 0 spiro atoms. The molecule has 0 bridgehead atoms. The van der Waals surface area contributed by atoms with Crippen LogP contribution in [0.5, 0.6) is 0 Å². The molecule has 2 N–H and O–H groups in total. The molecule has 0 heterocycles. The fourth-order valence-electron chi connectivity index (χ4n) is 1.15. The highest BCUT2D eigenvalue weighted by Gasteiger charge is 2.08. The number of hydrogen-bond acceptors (Lipinski definition) is 2. The molecule has 0 unspecified atom stereocenters. The third-order valence-corrected chi connectivity index (χ3v) is 1.98. The monoisotopic (exact) mass is 199 g/mol. The summed E-state index contributed by atoms with van der Waals surface area (Å²) in [6, 6.07) is 0. The second-order valence-electron chi connectivity index (χ2n) is 3.32. The van der Waals surface area contributed by atoms with Gasteiger partial charge < -0.3 is 5.73 Å². The van der Waals surface area contributed by atoms with Crippen LogP contribution in [-0.2, 0) is 9.59 Å². The number of nitrogens with zero attached hydrogens (tertiary/aromatic N) is 1. The molecule has 0 fully saturated rings. The van der Waals surface area contributed by atoms with Crippen molar-refractivity contribution in [1.82, 2.24) is 5.32 Å². The van der Waals surface area contributed by atoms with Crippen LogP contribution in [0.1, 0.15) is 45.4 Å². The normalized spacial score (nSPS) is 9.79. The topological polar surface area (TPSA) is 74.3 Å². The third-order valence-electron chi connectivity index (χ3n) is 1.98. The average Bonchev–Trinajstić information content (AvgIpc) is 2.16. The van der Waals surface area contributed by atoms with E-state index < -0.39 is 11.8 Å². The molecule has 0 aromatic rings. The number of carbonyl (C=O) groups excluding carboxylic acids is 2. The maximum Gasteiger partial charge on any atom is 0.330 e. The predicted molar refractivity (Wildman–Crippen MR) is 54.6 cm³/mol. The standard InChI is InChI=1S/C10H19N2O2/c1-2-3-4-5-6-7-8-12-10(14)9(11)13/h2-8H2,1H3,(H2,11,13). The van der Waals surface area contributed by atoms with Gasteiger partial charge in [0, 0.05) is 6.54 Å². The number of carbonyl (C=O) groups is 2. The quantitative estimate of drug-likeness (QED) is 0.490. The van der Waals surface area contributed by atoms with Gasteiger partial charge in [0.25, 0.3) is 0 Å². The maximum atomic E-state index is 10.6. The van der Waals surface area contributed by atoms with Crippen molar-refractivity contribution in [2.45, 2.75) is 45.4 Å². The molecule has 81 valence electrons. The second kappa shape index (κ2) is 8.53. The summed E-state index contributed by atoms with van der Waals surface area (Å²) in [4.78, 5) is 20.9. The summed E-state index contributed by atoms with van der Waals surface area (Å²) in [5.74, 6) is -1.77. The molecule has 0 aliphatic carbocycles. The number of rotatable bonds is 7. The number of nitrogens with two attached hydrogens (primary N) is 1. The Hall–Kier alpha value is -1.06. The van der Waals surface area contributed by atoms with Gasteiger partial charge >= 0.3 is 11.8 Å². The number of hydrogen-bond donors (Lipinski definition) is 1. The summed E-state index contributed by atoms with van der Waals surface area (Å²) >= 11 is 0. The molecule has 1 radical (unpaired) electrons. The molecule has 2 amide bonds. The van der Waals surface area contributed by atoms with Gasteiger partial charge in [-0.2, -0.15) is 0 Å². The van der Waals surface area contributed by atoms with Crippen molar-refractivity contribution in [3.63, 3.8) is 0 Å². The van der Waals surface area contributed by atoms with E-state index in [0.29, 0.717) is 6.54 Å². The van der Waals surface area contributed by atoms with E-state index in [1.807, 2.05) is 0 Å². The Bertz CT molecular complexity index is 181. The minimum Gasteiger partial charge on any atom is -0.361 e. The van der Waals surface area contributed by atoms with Crippen LogP contribution in [0, 0.1) is 0 Å². The molecule has 0 aromatic heterocycles. The van der Waals surface area contributed by atoms with Crippen LogP contribution >= 0.6 is 0 Å².